The minimum absolute atomic E-state index is 0.134. The number of aryl methyl sites for hydroxylation is 2. The number of rotatable bonds is 8. The predicted molar refractivity (Wildman–Crippen MR) is 85.3 cm³/mol. The average molecular weight is 342 g/mol. The summed E-state index contributed by atoms with van der Waals surface area (Å²) in [5, 5.41) is 20.7. The van der Waals surface area contributed by atoms with Crippen molar-refractivity contribution in [1.29, 1.82) is 0 Å². The first kappa shape index (κ1) is 16.8. The van der Waals surface area contributed by atoms with E-state index in [2.05, 4.69) is 25.7 Å². The maximum atomic E-state index is 11.9. The van der Waals surface area contributed by atoms with Crippen LogP contribution in [0.2, 0.25) is 0 Å². The van der Waals surface area contributed by atoms with E-state index in [0.717, 1.165) is 29.0 Å². The van der Waals surface area contributed by atoms with Gasteiger partial charge in [-0.05, 0) is 20.3 Å². The second-order valence-corrected chi connectivity index (χ2v) is 6.62. The quantitative estimate of drug-likeness (QED) is 0.574. The van der Waals surface area contributed by atoms with Crippen LogP contribution < -0.4 is 5.32 Å². The van der Waals surface area contributed by atoms with Gasteiger partial charge in [0.1, 0.15) is 10.8 Å². The molecule has 0 aromatic carbocycles. The zero-order valence-corrected chi connectivity index (χ0v) is 14.3. The van der Waals surface area contributed by atoms with Crippen molar-refractivity contribution >= 4 is 34.1 Å². The molecule has 0 aliphatic heterocycles. The zero-order chi connectivity index (χ0) is 15.9. The highest BCUT2D eigenvalue weighted by Gasteiger charge is 2.12. The molecule has 8 nitrogen and oxygen atoms in total. The van der Waals surface area contributed by atoms with E-state index in [1.54, 1.807) is 7.11 Å². The third-order valence-electron chi connectivity index (χ3n) is 2.74. The van der Waals surface area contributed by atoms with Crippen LogP contribution in [0.3, 0.4) is 0 Å². The average Bonchev–Trinajstić information content (AvgIpc) is 3.04. The summed E-state index contributed by atoms with van der Waals surface area (Å²) < 4.78 is 7.04. The first-order valence-corrected chi connectivity index (χ1v) is 8.52. The van der Waals surface area contributed by atoms with E-state index in [4.69, 9.17) is 4.74 Å². The number of hydrogen-bond donors (Lipinski definition) is 1. The summed E-state index contributed by atoms with van der Waals surface area (Å²) >= 11 is 2.70. The van der Waals surface area contributed by atoms with Crippen LogP contribution in [0.5, 0.6) is 0 Å². The highest BCUT2D eigenvalue weighted by Crippen LogP contribution is 2.19. The summed E-state index contributed by atoms with van der Waals surface area (Å²) in [7, 11) is 1.67. The van der Waals surface area contributed by atoms with Crippen LogP contribution in [0.15, 0.2) is 5.16 Å². The molecule has 2 rings (SSSR count). The van der Waals surface area contributed by atoms with Crippen LogP contribution >= 0.6 is 23.1 Å². The third kappa shape index (κ3) is 4.75. The monoisotopic (exact) mass is 342 g/mol. The Bertz CT molecular complexity index is 627. The number of methoxy groups -OCH3 is 1. The van der Waals surface area contributed by atoms with Gasteiger partial charge in [-0.3, -0.25) is 10.1 Å². The molecule has 22 heavy (non-hydrogen) atoms. The molecule has 1 amide bonds. The van der Waals surface area contributed by atoms with E-state index >= 15 is 0 Å². The number of carbonyl (C=O) groups is 1. The molecule has 0 spiro atoms. The number of nitrogens with one attached hydrogen (secondary N) is 1. The molecule has 0 bridgehead atoms. The van der Waals surface area contributed by atoms with E-state index in [0.29, 0.717) is 11.7 Å². The van der Waals surface area contributed by atoms with E-state index in [1.165, 1.54) is 23.1 Å². The van der Waals surface area contributed by atoms with Gasteiger partial charge in [-0.15, -0.1) is 20.4 Å². The Balaban J connectivity index is 1.86. The van der Waals surface area contributed by atoms with Crippen molar-refractivity contribution in [2.45, 2.75) is 32.0 Å². The maximum Gasteiger partial charge on any atom is 0.236 e. The number of nitrogens with zero attached hydrogens (tertiary/aromatic N) is 5. The van der Waals surface area contributed by atoms with Gasteiger partial charge in [-0.2, -0.15) is 0 Å². The smallest absolute Gasteiger partial charge is 0.236 e. The van der Waals surface area contributed by atoms with Gasteiger partial charge >= 0.3 is 0 Å². The summed E-state index contributed by atoms with van der Waals surface area (Å²) in [5.41, 5.74) is 0. The molecular weight excluding hydrogens is 324 g/mol. The van der Waals surface area contributed by atoms with Gasteiger partial charge in [0, 0.05) is 20.3 Å². The van der Waals surface area contributed by atoms with Gasteiger partial charge < -0.3 is 9.30 Å². The molecule has 2 heterocycles. The molecule has 0 saturated heterocycles. The fourth-order valence-corrected chi connectivity index (χ4v) is 3.14. The van der Waals surface area contributed by atoms with Crippen molar-refractivity contribution in [1.82, 2.24) is 25.0 Å². The maximum absolute atomic E-state index is 11.9. The standard InChI is InChI=1S/C12H18N6O2S2/c1-8-14-17-12(18(8)5-4-6-20-3)21-7-10(19)13-11-16-15-9(2)22-11/h4-7H2,1-3H3,(H,13,16,19). The van der Waals surface area contributed by atoms with Crippen LogP contribution in [-0.4, -0.2) is 50.3 Å². The van der Waals surface area contributed by atoms with Gasteiger partial charge in [-0.25, -0.2) is 0 Å². The predicted octanol–water partition coefficient (Wildman–Crippen LogP) is 1.51. The van der Waals surface area contributed by atoms with Gasteiger partial charge in [0.05, 0.1) is 5.75 Å². The molecule has 2 aromatic rings. The summed E-state index contributed by atoms with van der Waals surface area (Å²) in [6.07, 6.45) is 0.874. The zero-order valence-electron chi connectivity index (χ0n) is 12.7. The van der Waals surface area contributed by atoms with E-state index < -0.39 is 0 Å². The lowest BCUT2D eigenvalue weighted by Crippen LogP contribution is -2.14. The van der Waals surface area contributed by atoms with Crippen LogP contribution in [0, 0.1) is 13.8 Å². The van der Waals surface area contributed by atoms with E-state index in [9.17, 15) is 4.79 Å². The van der Waals surface area contributed by atoms with Crippen molar-refractivity contribution in [3.05, 3.63) is 10.8 Å². The molecule has 10 heteroatoms. The number of aromatic nitrogens is 5. The van der Waals surface area contributed by atoms with Crippen molar-refractivity contribution in [2.75, 3.05) is 24.8 Å². The molecule has 2 aromatic heterocycles. The normalized spacial score (nSPS) is 10.9. The Kier molecular flexibility index (Phi) is 6.28. The van der Waals surface area contributed by atoms with Gasteiger partial charge in [0.25, 0.3) is 0 Å². The van der Waals surface area contributed by atoms with Gasteiger partial charge in [0.2, 0.25) is 11.0 Å². The molecule has 0 atom stereocenters. The van der Waals surface area contributed by atoms with Crippen molar-refractivity contribution < 1.29 is 9.53 Å². The highest BCUT2D eigenvalue weighted by molar-refractivity contribution is 7.99. The van der Waals surface area contributed by atoms with Crippen molar-refractivity contribution in [3.63, 3.8) is 0 Å². The number of amides is 1. The third-order valence-corrected chi connectivity index (χ3v) is 4.46. The Morgan fingerprint density at radius 1 is 1.32 bits per heavy atom. The fourth-order valence-electron chi connectivity index (χ4n) is 1.73. The summed E-state index contributed by atoms with van der Waals surface area (Å²) in [6.45, 7) is 5.19. The topological polar surface area (TPSA) is 94.8 Å². The second kappa shape index (κ2) is 8.20. The first-order chi connectivity index (χ1) is 10.6. The summed E-state index contributed by atoms with van der Waals surface area (Å²) in [4.78, 5) is 11.9. The molecule has 0 aliphatic carbocycles. The molecule has 0 fully saturated rings. The van der Waals surface area contributed by atoms with Crippen LogP contribution in [0.4, 0.5) is 5.13 Å². The molecule has 1 N–H and O–H groups in total. The van der Waals surface area contributed by atoms with Crippen LogP contribution in [-0.2, 0) is 16.1 Å². The minimum Gasteiger partial charge on any atom is -0.385 e. The Morgan fingerprint density at radius 3 is 2.82 bits per heavy atom. The van der Waals surface area contributed by atoms with E-state index in [-0.39, 0.29) is 11.7 Å². The SMILES string of the molecule is COCCCn1c(C)nnc1SCC(=O)Nc1nnc(C)s1. The highest BCUT2D eigenvalue weighted by atomic mass is 32.2. The Morgan fingerprint density at radius 2 is 2.14 bits per heavy atom. The Labute approximate surface area is 136 Å². The summed E-state index contributed by atoms with van der Waals surface area (Å²) in [5.74, 6) is 0.949. The Hall–Kier alpha value is -1.52. The van der Waals surface area contributed by atoms with Gasteiger partial charge in [0.15, 0.2) is 5.16 Å². The lowest BCUT2D eigenvalue weighted by molar-refractivity contribution is -0.113. The number of thioether (sulfide) groups is 1. The molecular formula is C12H18N6O2S2. The van der Waals surface area contributed by atoms with Crippen LogP contribution in [0.1, 0.15) is 17.3 Å². The number of ether oxygens (including phenoxy) is 1. The van der Waals surface area contributed by atoms with Crippen molar-refractivity contribution in [2.24, 2.45) is 0 Å². The fraction of sp³-hybridized carbons (Fsp3) is 0.583. The van der Waals surface area contributed by atoms with Crippen LogP contribution in [0.25, 0.3) is 0 Å². The van der Waals surface area contributed by atoms with Crippen molar-refractivity contribution in [3.8, 4) is 0 Å². The number of hydrogen-bond acceptors (Lipinski definition) is 8. The summed E-state index contributed by atoms with van der Waals surface area (Å²) in [6, 6.07) is 0. The van der Waals surface area contributed by atoms with Gasteiger partial charge in [-0.1, -0.05) is 23.1 Å². The molecule has 0 saturated carbocycles. The number of anilines is 1. The first-order valence-electron chi connectivity index (χ1n) is 6.71. The lowest BCUT2D eigenvalue weighted by Gasteiger charge is -2.07. The number of carbonyl (C=O) groups excluding carboxylic acids is 1. The molecule has 0 radical (unpaired) electrons. The lowest BCUT2D eigenvalue weighted by atomic mass is 10.4. The minimum atomic E-state index is -0.134. The molecule has 120 valence electrons. The second-order valence-electron chi connectivity index (χ2n) is 4.49. The van der Waals surface area contributed by atoms with E-state index in [1.807, 2.05) is 18.4 Å². The largest absolute Gasteiger partial charge is 0.385 e. The molecule has 0 aliphatic rings. The molecule has 0 unspecified atom stereocenters.